The van der Waals surface area contributed by atoms with Crippen molar-refractivity contribution in [3.8, 4) is 11.7 Å². The highest BCUT2D eigenvalue weighted by atomic mass is 32.2. The van der Waals surface area contributed by atoms with Crippen LogP contribution < -0.4 is 4.74 Å². The zero-order valence-corrected chi connectivity index (χ0v) is 18.7. The van der Waals surface area contributed by atoms with E-state index >= 15 is 0 Å². The number of amides is 1. The van der Waals surface area contributed by atoms with Crippen molar-refractivity contribution in [3.63, 3.8) is 0 Å². The average molecular weight is 443 g/mol. The summed E-state index contributed by atoms with van der Waals surface area (Å²) in [5, 5.41) is 0.811. The van der Waals surface area contributed by atoms with Gasteiger partial charge in [0.25, 0.3) is 0 Å². The molecule has 164 valence electrons. The SMILES string of the molecule is CC(C)C(=O)N1CCC(Oc2cc(-n3ccc4cc(S(C)(=O)=O)ccc43)ncn2)CC1. The molecule has 1 aliphatic rings. The van der Waals surface area contributed by atoms with Gasteiger partial charge in [0.1, 0.15) is 18.2 Å². The van der Waals surface area contributed by atoms with E-state index in [1.165, 1.54) is 12.6 Å². The van der Waals surface area contributed by atoms with Gasteiger partial charge in [0.2, 0.25) is 11.8 Å². The molecule has 2 aromatic heterocycles. The molecule has 3 heterocycles. The summed E-state index contributed by atoms with van der Waals surface area (Å²) >= 11 is 0. The van der Waals surface area contributed by atoms with Crippen LogP contribution in [0.2, 0.25) is 0 Å². The molecule has 1 aromatic carbocycles. The van der Waals surface area contributed by atoms with Crippen LogP contribution in [0.5, 0.6) is 5.88 Å². The van der Waals surface area contributed by atoms with Crippen molar-refractivity contribution in [2.45, 2.75) is 37.7 Å². The van der Waals surface area contributed by atoms with Crippen LogP contribution in [0.3, 0.4) is 0 Å². The monoisotopic (exact) mass is 442 g/mol. The second-order valence-electron chi connectivity index (χ2n) is 8.19. The summed E-state index contributed by atoms with van der Waals surface area (Å²) in [6, 6.07) is 8.66. The molecule has 3 aromatic rings. The topological polar surface area (TPSA) is 94.4 Å². The average Bonchev–Trinajstić information content (AvgIpc) is 3.17. The van der Waals surface area contributed by atoms with Crippen molar-refractivity contribution >= 4 is 26.6 Å². The number of carbonyl (C=O) groups is 1. The van der Waals surface area contributed by atoms with Crippen molar-refractivity contribution in [1.29, 1.82) is 0 Å². The molecule has 0 bridgehead atoms. The van der Waals surface area contributed by atoms with E-state index in [-0.39, 0.29) is 22.8 Å². The summed E-state index contributed by atoms with van der Waals surface area (Å²) in [6.45, 7) is 5.20. The first-order chi connectivity index (χ1) is 14.7. The van der Waals surface area contributed by atoms with Gasteiger partial charge in [0.05, 0.1) is 10.4 Å². The second-order valence-corrected chi connectivity index (χ2v) is 10.2. The zero-order valence-electron chi connectivity index (χ0n) is 17.9. The van der Waals surface area contributed by atoms with Crippen molar-refractivity contribution < 1.29 is 17.9 Å². The maximum Gasteiger partial charge on any atom is 0.225 e. The van der Waals surface area contributed by atoms with Crippen LogP contribution in [-0.4, -0.2) is 59.2 Å². The van der Waals surface area contributed by atoms with E-state index in [9.17, 15) is 13.2 Å². The van der Waals surface area contributed by atoms with Gasteiger partial charge in [-0.05, 0) is 24.3 Å². The summed E-state index contributed by atoms with van der Waals surface area (Å²) in [4.78, 5) is 22.9. The maximum absolute atomic E-state index is 12.2. The zero-order chi connectivity index (χ0) is 22.2. The number of piperidine rings is 1. The van der Waals surface area contributed by atoms with E-state index in [1.807, 2.05) is 35.6 Å². The summed E-state index contributed by atoms with van der Waals surface area (Å²) in [7, 11) is -3.27. The fourth-order valence-electron chi connectivity index (χ4n) is 3.81. The van der Waals surface area contributed by atoms with Crippen LogP contribution in [0.1, 0.15) is 26.7 Å². The van der Waals surface area contributed by atoms with Crippen molar-refractivity contribution in [2.75, 3.05) is 19.3 Å². The molecule has 0 atom stereocenters. The molecule has 0 aliphatic carbocycles. The van der Waals surface area contributed by atoms with E-state index in [0.29, 0.717) is 24.8 Å². The molecular formula is C22H26N4O4S. The van der Waals surface area contributed by atoms with E-state index in [2.05, 4.69) is 9.97 Å². The number of aromatic nitrogens is 3. The smallest absolute Gasteiger partial charge is 0.225 e. The van der Waals surface area contributed by atoms with Gasteiger partial charge >= 0.3 is 0 Å². The number of ether oxygens (including phenoxy) is 1. The molecule has 0 unspecified atom stereocenters. The molecule has 0 radical (unpaired) electrons. The summed E-state index contributed by atoms with van der Waals surface area (Å²) < 4.78 is 31.6. The molecule has 4 rings (SSSR count). The van der Waals surface area contributed by atoms with Crippen LogP contribution in [0.15, 0.2) is 47.8 Å². The molecule has 0 saturated carbocycles. The molecule has 0 N–H and O–H groups in total. The Morgan fingerprint density at radius 3 is 2.55 bits per heavy atom. The Morgan fingerprint density at radius 1 is 1.13 bits per heavy atom. The largest absolute Gasteiger partial charge is 0.474 e. The highest BCUT2D eigenvalue weighted by Gasteiger charge is 2.25. The minimum atomic E-state index is -3.27. The number of nitrogens with zero attached hydrogens (tertiary/aromatic N) is 4. The van der Waals surface area contributed by atoms with Crippen LogP contribution in [0.4, 0.5) is 0 Å². The van der Waals surface area contributed by atoms with E-state index < -0.39 is 9.84 Å². The normalized spacial score (nSPS) is 15.5. The molecule has 1 amide bonds. The number of carbonyl (C=O) groups excluding carboxylic acids is 1. The second kappa shape index (κ2) is 8.30. The predicted molar refractivity (Wildman–Crippen MR) is 117 cm³/mol. The van der Waals surface area contributed by atoms with Crippen LogP contribution in [-0.2, 0) is 14.6 Å². The summed E-state index contributed by atoms with van der Waals surface area (Å²) in [5.41, 5.74) is 0.845. The van der Waals surface area contributed by atoms with Crippen molar-refractivity contribution in [1.82, 2.24) is 19.4 Å². The first kappa shape index (κ1) is 21.3. The standard InChI is InChI=1S/C22H26N4O4S/c1-15(2)22(27)25-9-7-17(8-10-25)30-21-13-20(23-14-24-21)26-11-6-16-12-18(31(3,28)29)4-5-19(16)26/h4-6,11-15,17H,7-10H2,1-3H3. The van der Waals surface area contributed by atoms with Crippen LogP contribution in [0.25, 0.3) is 16.7 Å². The van der Waals surface area contributed by atoms with Gasteiger partial charge in [0.15, 0.2) is 9.84 Å². The van der Waals surface area contributed by atoms with Gasteiger partial charge < -0.3 is 14.2 Å². The van der Waals surface area contributed by atoms with Crippen LogP contribution >= 0.6 is 0 Å². The van der Waals surface area contributed by atoms with E-state index in [4.69, 9.17) is 4.74 Å². The van der Waals surface area contributed by atoms with Gasteiger partial charge in [-0.25, -0.2) is 18.4 Å². The lowest BCUT2D eigenvalue weighted by Gasteiger charge is -2.33. The lowest BCUT2D eigenvalue weighted by atomic mass is 10.1. The molecule has 9 heteroatoms. The van der Waals surface area contributed by atoms with Gasteiger partial charge in [-0.1, -0.05) is 13.8 Å². The lowest BCUT2D eigenvalue weighted by Crippen LogP contribution is -2.43. The van der Waals surface area contributed by atoms with Gasteiger partial charge in [-0.15, -0.1) is 0 Å². The Kier molecular flexibility index (Phi) is 5.70. The first-order valence-electron chi connectivity index (χ1n) is 10.3. The Labute approximate surface area is 181 Å². The van der Waals surface area contributed by atoms with Crippen molar-refractivity contribution in [3.05, 3.63) is 42.9 Å². The third-order valence-corrected chi connectivity index (χ3v) is 6.61. The minimum Gasteiger partial charge on any atom is -0.474 e. The minimum absolute atomic E-state index is 0.00214. The third-order valence-electron chi connectivity index (χ3n) is 5.50. The molecule has 0 spiro atoms. The fraction of sp³-hybridized carbons (Fsp3) is 0.409. The Bertz CT molecular complexity index is 1210. The number of hydrogen-bond acceptors (Lipinski definition) is 6. The third kappa shape index (κ3) is 4.56. The molecule has 1 fully saturated rings. The molecular weight excluding hydrogens is 416 g/mol. The van der Waals surface area contributed by atoms with E-state index in [0.717, 1.165) is 23.7 Å². The summed E-state index contributed by atoms with van der Waals surface area (Å²) in [5.74, 6) is 1.31. The van der Waals surface area contributed by atoms with Gasteiger partial charge in [0, 0.05) is 55.8 Å². The Morgan fingerprint density at radius 2 is 1.87 bits per heavy atom. The number of sulfone groups is 1. The van der Waals surface area contributed by atoms with Crippen LogP contribution in [0, 0.1) is 5.92 Å². The number of benzene rings is 1. The number of fused-ring (bicyclic) bond motifs is 1. The maximum atomic E-state index is 12.2. The molecule has 8 nitrogen and oxygen atoms in total. The fourth-order valence-corrected chi connectivity index (χ4v) is 4.46. The Balaban J connectivity index is 1.50. The molecule has 1 saturated heterocycles. The van der Waals surface area contributed by atoms with Gasteiger partial charge in [-0.2, -0.15) is 0 Å². The highest BCUT2D eigenvalue weighted by molar-refractivity contribution is 7.90. The quantitative estimate of drug-likeness (QED) is 0.603. The number of likely N-dealkylation sites (tertiary alicyclic amines) is 1. The summed E-state index contributed by atoms with van der Waals surface area (Å²) in [6.07, 6.45) is 6.02. The van der Waals surface area contributed by atoms with E-state index in [1.54, 1.807) is 24.3 Å². The van der Waals surface area contributed by atoms with Crippen molar-refractivity contribution in [2.24, 2.45) is 5.92 Å². The number of rotatable bonds is 5. The molecule has 31 heavy (non-hydrogen) atoms. The highest BCUT2D eigenvalue weighted by Crippen LogP contribution is 2.25. The predicted octanol–water partition coefficient (Wildman–Crippen LogP) is 2.85. The van der Waals surface area contributed by atoms with Gasteiger partial charge in [-0.3, -0.25) is 4.79 Å². The first-order valence-corrected chi connectivity index (χ1v) is 12.2. The number of hydrogen-bond donors (Lipinski definition) is 0. The Hall–Kier alpha value is -2.94. The lowest BCUT2D eigenvalue weighted by molar-refractivity contribution is -0.136. The molecule has 1 aliphatic heterocycles.